The van der Waals surface area contributed by atoms with Gasteiger partial charge >= 0.3 is 12.2 Å². The van der Waals surface area contributed by atoms with Crippen LogP contribution in [0, 0.1) is 5.82 Å². The van der Waals surface area contributed by atoms with E-state index in [0.29, 0.717) is 25.5 Å². The number of phenols is 1. The summed E-state index contributed by atoms with van der Waals surface area (Å²) in [5, 5.41) is 14.1. The van der Waals surface area contributed by atoms with Gasteiger partial charge in [0.1, 0.15) is 11.6 Å². The zero-order chi connectivity index (χ0) is 19.2. The molecular weight excluding hydrogens is 352 g/mol. The highest BCUT2D eigenvalue weighted by Gasteiger charge is 2.33. The first kappa shape index (κ1) is 19.6. The molecule has 0 radical (unpaired) electrons. The average Bonchev–Trinajstić information content (AvgIpc) is 2.58. The topological polar surface area (TPSA) is 61.4 Å². The van der Waals surface area contributed by atoms with E-state index in [-0.39, 0.29) is 17.9 Å². The number of phenolic OH excluding ortho intramolecular Hbond substituents is 1. The van der Waals surface area contributed by atoms with E-state index >= 15 is 0 Å². The third kappa shape index (κ3) is 5.94. The monoisotopic (exact) mass is 370 g/mol. The van der Waals surface area contributed by atoms with Crippen molar-refractivity contribution in [2.45, 2.75) is 25.6 Å². The molecule has 3 N–H and O–H groups in total. The van der Waals surface area contributed by atoms with E-state index < -0.39 is 23.6 Å². The van der Waals surface area contributed by atoms with Crippen molar-refractivity contribution < 1.29 is 27.5 Å². The highest BCUT2D eigenvalue weighted by Crippen LogP contribution is 2.32. The van der Waals surface area contributed by atoms with Crippen molar-refractivity contribution in [1.29, 1.82) is 0 Å². The van der Waals surface area contributed by atoms with Gasteiger partial charge in [-0.2, -0.15) is 13.2 Å². The van der Waals surface area contributed by atoms with Gasteiger partial charge in [-0.05, 0) is 48.2 Å². The van der Waals surface area contributed by atoms with E-state index in [1.54, 1.807) is 24.3 Å². The molecular formula is C18H18F4N2O2. The fraction of sp³-hybridized carbons (Fsp3) is 0.278. The van der Waals surface area contributed by atoms with Crippen LogP contribution in [-0.4, -0.2) is 17.7 Å². The fourth-order valence-electron chi connectivity index (χ4n) is 2.36. The first-order valence-electron chi connectivity index (χ1n) is 7.91. The van der Waals surface area contributed by atoms with Crippen LogP contribution in [0.25, 0.3) is 0 Å². The molecule has 4 nitrogen and oxygen atoms in total. The lowest BCUT2D eigenvalue weighted by Crippen LogP contribution is -2.36. The summed E-state index contributed by atoms with van der Waals surface area (Å²) in [6.45, 7) is -0.0266. The SMILES string of the molecule is O=C(NCCCc1ccc(O)cc1)NCc1ccc(F)cc1C(F)(F)F. The van der Waals surface area contributed by atoms with E-state index in [4.69, 9.17) is 0 Å². The van der Waals surface area contributed by atoms with Crippen LogP contribution in [0.3, 0.4) is 0 Å². The maximum Gasteiger partial charge on any atom is 0.416 e. The van der Waals surface area contributed by atoms with Gasteiger partial charge in [-0.3, -0.25) is 0 Å². The number of amides is 2. The van der Waals surface area contributed by atoms with Crippen molar-refractivity contribution in [3.05, 3.63) is 65.0 Å². The third-order valence-electron chi connectivity index (χ3n) is 3.68. The number of benzene rings is 2. The Morgan fingerprint density at radius 1 is 1.04 bits per heavy atom. The highest BCUT2D eigenvalue weighted by atomic mass is 19.4. The van der Waals surface area contributed by atoms with E-state index in [2.05, 4.69) is 10.6 Å². The molecule has 140 valence electrons. The number of urea groups is 1. The molecule has 2 amide bonds. The minimum Gasteiger partial charge on any atom is -0.508 e. The number of rotatable bonds is 6. The molecule has 26 heavy (non-hydrogen) atoms. The van der Waals surface area contributed by atoms with Crippen LogP contribution in [0.15, 0.2) is 42.5 Å². The first-order valence-corrected chi connectivity index (χ1v) is 7.91. The van der Waals surface area contributed by atoms with E-state index in [0.717, 1.165) is 17.7 Å². The molecule has 2 aromatic rings. The van der Waals surface area contributed by atoms with Crippen LogP contribution < -0.4 is 10.6 Å². The molecule has 8 heteroatoms. The lowest BCUT2D eigenvalue weighted by Gasteiger charge is -2.14. The number of aryl methyl sites for hydroxylation is 1. The molecule has 0 aliphatic carbocycles. The predicted octanol–water partition coefficient (Wildman–Crippen LogP) is 3.98. The van der Waals surface area contributed by atoms with Crippen molar-refractivity contribution in [3.63, 3.8) is 0 Å². The quantitative estimate of drug-likeness (QED) is 0.532. The Labute approximate surface area is 147 Å². The molecule has 0 aromatic heterocycles. The Morgan fingerprint density at radius 2 is 1.73 bits per heavy atom. The number of carbonyl (C=O) groups excluding carboxylic acids is 1. The average molecular weight is 370 g/mol. The van der Waals surface area contributed by atoms with Gasteiger partial charge in [0.25, 0.3) is 0 Å². The Balaban J connectivity index is 1.78. The Bertz CT molecular complexity index is 746. The molecule has 0 bridgehead atoms. The number of halogens is 4. The molecule has 0 saturated carbocycles. The number of nitrogens with one attached hydrogen (secondary N) is 2. The van der Waals surface area contributed by atoms with Crippen molar-refractivity contribution in [1.82, 2.24) is 10.6 Å². The second-order valence-corrected chi connectivity index (χ2v) is 5.68. The van der Waals surface area contributed by atoms with Gasteiger partial charge in [0.2, 0.25) is 0 Å². The molecule has 0 unspecified atom stereocenters. The largest absolute Gasteiger partial charge is 0.508 e. The first-order chi connectivity index (χ1) is 12.3. The van der Waals surface area contributed by atoms with Gasteiger partial charge < -0.3 is 15.7 Å². The summed E-state index contributed by atoms with van der Waals surface area (Å²) in [7, 11) is 0. The van der Waals surface area contributed by atoms with Gasteiger partial charge in [0, 0.05) is 13.1 Å². The van der Waals surface area contributed by atoms with Gasteiger partial charge in [0.05, 0.1) is 5.56 Å². The minimum absolute atomic E-state index is 0.172. The highest BCUT2D eigenvalue weighted by molar-refractivity contribution is 5.73. The molecule has 0 fully saturated rings. The minimum atomic E-state index is -4.69. The summed E-state index contributed by atoms with van der Waals surface area (Å²) in [6.07, 6.45) is -3.39. The van der Waals surface area contributed by atoms with Crippen molar-refractivity contribution in [2.75, 3.05) is 6.54 Å². The molecule has 0 aliphatic heterocycles. The molecule has 0 atom stereocenters. The van der Waals surface area contributed by atoms with Gasteiger partial charge in [-0.15, -0.1) is 0 Å². The van der Waals surface area contributed by atoms with Crippen LogP contribution >= 0.6 is 0 Å². The Kier molecular flexibility index (Phi) is 6.43. The van der Waals surface area contributed by atoms with Crippen LogP contribution in [0.2, 0.25) is 0 Å². The summed E-state index contributed by atoms with van der Waals surface area (Å²) in [6, 6.07) is 8.39. The maximum absolute atomic E-state index is 13.0. The molecule has 0 heterocycles. The maximum atomic E-state index is 13.0. The molecule has 0 aliphatic rings. The van der Waals surface area contributed by atoms with Crippen LogP contribution in [0.5, 0.6) is 5.75 Å². The van der Waals surface area contributed by atoms with Crippen LogP contribution in [0.1, 0.15) is 23.1 Å². The van der Waals surface area contributed by atoms with Crippen LogP contribution in [-0.2, 0) is 19.1 Å². The number of hydrogen-bond donors (Lipinski definition) is 3. The summed E-state index contributed by atoms with van der Waals surface area (Å²) < 4.78 is 51.7. The molecule has 0 spiro atoms. The molecule has 2 aromatic carbocycles. The summed E-state index contributed by atoms with van der Waals surface area (Å²) in [4.78, 5) is 11.7. The normalized spacial score (nSPS) is 11.2. The van der Waals surface area contributed by atoms with Gasteiger partial charge in [0.15, 0.2) is 0 Å². The van der Waals surface area contributed by atoms with Crippen LogP contribution in [0.4, 0.5) is 22.4 Å². The number of aromatic hydroxyl groups is 1. The predicted molar refractivity (Wildman–Crippen MR) is 88.1 cm³/mol. The second-order valence-electron chi connectivity index (χ2n) is 5.68. The summed E-state index contributed by atoms with van der Waals surface area (Å²) in [5.74, 6) is -0.815. The van der Waals surface area contributed by atoms with Gasteiger partial charge in [-0.25, -0.2) is 9.18 Å². The lowest BCUT2D eigenvalue weighted by molar-refractivity contribution is -0.138. The standard InChI is InChI=1S/C18H18F4N2O2/c19-14-6-5-13(16(10-14)18(20,21)22)11-24-17(26)23-9-1-2-12-3-7-15(25)8-4-12/h3-8,10,25H,1-2,9,11H2,(H2,23,24,26). The number of carbonyl (C=O) groups is 1. The van der Waals surface area contributed by atoms with Crippen molar-refractivity contribution >= 4 is 6.03 Å². The van der Waals surface area contributed by atoms with Gasteiger partial charge in [-0.1, -0.05) is 18.2 Å². The Hall–Kier alpha value is -2.77. The van der Waals surface area contributed by atoms with E-state index in [9.17, 15) is 27.5 Å². The lowest BCUT2D eigenvalue weighted by atomic mass is 10.1. The third-order valence-corrected chi connectivity index (χ3v) is 3.68. The number of hydrogen-bond acceptors (Lipinski definition) is 2. The number of alkyl halides is 3. The van der Waals surface area contributed by atoms with E-state index in [1.165, 1.54) is 0 Å². The molecule has 2 rings (SSSR count). The zero-order valence-corrected chi connectivity index (χ0v) is 13.7. The second kappa shape index (κ2) is 8.55. The smallest absolute Gasteiger partial charge is 0.416 e. The van der Waals surface area contributed by atoms with Crippen molar-refractivity contribution in [3.8, 4) is 5.75 Å². The Morgan fingerprint density at radius 3 is 2.38 bits per heavy atom. The fourth-order valence-corrected chi connectivity index (χ4v) is 2.36. The summed E-state index contributed by atoms with van der Waals surface area (Å²) >= 11 is 0. The summed E-state index contributed by atoms with van der Waals surface area (Å²) in [5.41, 5.74) is -0.325. The molecule has 0 saturated heterocycles. The van der Waals surface area contributed by atoms with E-state index in [1.807, 2.05) is 0 Å². The van der Waals surface area contributed by atoms with Crippen molar-refractivity contribution in [2.24, 2.45) is 0 Å². The zero-order valence-electron chi connectivity index (χ0n) is 13.7.